The molecule has 102 valence electrons. The van der Waals surface area contributed by atoms with Crippen LogP contribution in [0.1, 0.15) is 26.3 Å². The van der Waals surface area contributed by atoms with Gasteiger partial charge in [-0.1, -0.05) is 18.2 Å². The second kappa shape index (κ2) is 6.18. The predicted octanol–water partition coefficient (Wildman–Crippen LogP) is 2.82. The molecule has 1 aromatic rings. The van der Waals surface area contributed by atoms with Crippen molar-refractivity contribution in [3.05, 3.63) is 35.9 Å². The minimum Gasteiger partial charge on any atom is -0.496 e. The quantitative estimate of drug-likeness (QED) is 0.477. The lowest BCUT2D eigenvalue weighted by Crippen LogP contribution is -2.25. The first-order valence-electron chi connectivity index (χ1n) is 5.92. The molecule has 0 aliphatic heterocycles. The predicted molar refractivity (Wildman–Crippen MR) is 72.6 cm³/mol. The molecule has 19 heavy (non-hydrogen) atoms. The van der Waals surface area contributed by atoms with Gasteiger partial charge < -0.3 is 9.47 Å². The van der Waals surface area contributed by atoms with Gasteiger partial charge in [-0.3, -0.25) is 4.79 Å². The Balaban J connectivity index is 2.72. The van der Waals surface area contributed by atoms with Crippen LogP contribution < -0.4 is 4.74 Å². The van der Waals surface area contributed by atoms with Crippen molar-refractivity contribution in [2.24, 2.45) is 5.41 Å². The Morgan fingerprint density at radius 2 is 1.79 bits per heavy atom. The maximum absolute atomic E-state index is 11.5. The zero-order valence-corrected chi connectivity index (χ0v) is 11.6. The number of methoxy groups -OCH3 is 1. The fraction of sp³-hybridized carbons (Fsp3) is 0.333. The molecule has 1 rings (SSSR count). The number of hydrogen-bond donors (Lipinski definition) is 0. The van der Waals surface area contributed by atoms with E-state index in [0.717, 1.165) is 5.56 Å². The van der Waals surface area contributed by atoms with Crippen molar-refractivity contribution < 1.29 is 19.1 Å². The minimum atomic E-state index is -0.700. The van der Waals surface area contributed by atoms with Crippen LogP contribution in [-0.4, -0.2) is 19.0 Å². The molecule has 0 heterocycles. The normalized spacial score (nSPS) is 11.4. The summed E-state index contributed by atoms with van der Waals surface area (Å²) in [7, 11) is 1.55. The standard InChI is InChI=1S/C15H18O4/c1-15(2,3)14(17)19-13(16)10-9-11-7-5-6-8-12(11)18-4/h5-10H,1-4H3/b10-9+. The summed E-state index contributed by atoms with van der Waals surface area (Å²) >= 11 is 0. The molecule has 0 radical (unpaired) electrons. The molecule has 0 fully saturated rings. The van der Waals surface area contributed by atoms with Crippen molar-refractivity contribution in [1.82, 2.24) is 0 Å². The molecule has 0 atom stereocenters. The van der Waals surface area contributed by atoms with Crippen molar-refractivity contribution in [3.63, 3.8) is 0 Å². The average molecular weight is 262 g/mol. The maximum atomic E-state index is 11.5. The molecule has 0 aliphatic carbocycles. The molecule has 0 unspecified atom stereocenters. The number of benzene rings is 1. The zero-order valence-electron chi connectivity index (χ0n) is 11.6. The van der Waals surface area contributed by atoms with Gasteiger partial charge in [0.15, 0.2) is 0 Å². The van der Waals surface area contributed by atoms with E-state index in [2.05, 4.69) is 0 Å². The van der Waals surface area contributed by atoms with E-state index in [0.29, 0.717) is 5.75 Å². The third kappa shape index (κ3) is 4.58. The highest BCUT2D eigenvalue weighted by Gasteiger charge is 2.24. The Kier molecular flexibility index (Phi) is 4.87. The van der Waals surface area contributed by atoms with Gasteiger partial charge in [0, 0.05) is 11.6 Å². The van der Waals surface area contributed by atoms with Crippen LogP contribution in [0.2, 0.25) is 0 Å². The van der Waals surface area contributed by atoms with Crippen molar-refractivity contribution in [2.75, 3.05) is 7.11 Å². The van der Waals surface area contributed by atoms with Crippen LogP contribution >= 0.6 is 0 Å². The van der Waals surface area contributed by atoms with Gasteiger partial charge in [0.25, 0.3) is 0 Å². The van der Waals surface area contributed by atoms with E-state index < -0.39 is 17.4 Å². The Hall–Kier alpha value is -2.10. The second-order valence-corrected chi connectivity index (χ2v) is 5.03. The Labute approximate surface area is 113 Å². The minimum absolute atomic E-state index is 0.554. The van der Waals surface area contributed by atoms with E-state index in [9.17, 15) is 9.59 Å². The largest absolute Gasteiger partial charge is 0.496 e. The number of rotatable bonds is 3. The monoisotopic (exact) mass is 262 g/mol. The molecule has 4 heteroatoms. The topological polar surface area (TPSA) is 52.6 Å². The van der Waals surface area contributed by atoms with E-state index >= 15 is 0 Å². The summed E-state index contributed by atoms with van der Waals surface area (Å²) in [6.07, 6.45) is 2.76. The fourth-order valence-corrected chi connectivity index (χ4v) is 1.24. The summed E-state index contributed by atoms with van der Waals surface area (Å²) in [6.45, 7) is 5.06. The molecule has 0 spiro atoms. The van der Waals surface area contributed by atoms with Crippen molar-refractivity contribution in [2.45, 2.75) is 20.8 Å². The molecule has 0 amide bonds. The molecule has 0 saturated carbocycles. The molecular formula is C15H18O4. The van der Waals surface area contributed by atoms with Crippen LogP contribution in [0, 0.1) is 5.41 Å². The zero-order chi connectivity index (χ0) is 14.5. The highest BCUT2D eigenvalue weighted by molar-refractivity contribution is 5.96. The lowest BCUT2D eigenvalue weighted by atomic mass is 9.97. The number of hydrogen-bond acceptors (Lipinski definition) is 4. The molecule has 1 aromatic carbocycles. The van der Waals surface area contributed by atoms with Crippen LogP contribution in [0.25, 0.3) is 6.08 Å². The molecule has 0 aliphatic rings. The van der Waals surface area contributed by atoms with Gasteiger partial charge in [-0.2, -0.15) is 0 Å². The number of carbonyl (C=O) groups is 2. The third-order valence-corrected chi connectivity index (χ3v) is 2.34. The Bertz CT molecular complexity index is 495. The van der Waals surface area contributed by atoms with Gasteiger partial charge in [-0.25, -0.2) is 4.79 Å². The van der Waals surface area contributed by atoms with Gasteiger partial charge in [-0.05, 0) is 32.9 Å². The summed E-state index contributed by atoms with van der Waals surface area (Å²) in [5.74, 6) is -0.596. The van der Waals surface area contributed by atoms with Gasteiger partial charge >= 0.3 is 11.9 Å². The fourth-order valence-electron chi connectivity index (χ4n) is 1.24. The molecule has 4 nitrogen and oxygen atoms in total. The first-order chi connectivity index (χ1) is 8.84. The summed E-state index contributed by atoms with van der Waals surface area (Å²) in [6, 6.07) is 7.24. The highest BCUT2D eigenvalue weighted by Crippen LogP contribution is 2.19. The third-order valence-electron chi connectivity index (χ3n) is 2.34. The van der Waals surface area contributed by atoms with E-state index in [-0.39, 0.29) is 0 Å². The van der Waals surface area contributed by atoms with Crippen molar-refractivity contribution >= 4 is 18.0 Å². The van der Waals surface area contributed by atoms with Gasteiger partial charge in [0.05, 0.1) is 12.5 Å². The molecule has 0 saturated heterocycles. The molecule has 0 N–H and O–H groups in total. The molecular weight excluding hydrogens is 244 g/mol. The van der Waals surface area contributed by atoms with Crippen molar-refractivity contribution in [3.8, 4) is 5.75 Å². The first kappa shape index (κ1) is 15.0. The van der Waals surface area contributed by atoms with Crippen LogP contribution in [0.5, 0.6) is 5.75 Å². The van der Waals surface area contributed by atoms with Gasteiger partial charge in [-0.15, -0.1) is 0 Å². The van der Waals surface area contributed by atoms with E-state index in [1.165, 1.54) is 6.08 Å². The van der Waals surface area contributed by atoms with Crippen LogP contribution in [0.15, 0.2) is 30.3 Å². The first-order valence-corrected chi connectivity index (χ1v) is 5.92. The summed E-state index contributed by atoms with van der Waals surface area (Å²) in [4.78, 5) is 23.0. The van der Waals surface area contributed by atoms with Crippen molar-refractivity contribution in [1.29, 1.82) is 0 Å². The number of ether oxygens (including phenoxy) is 2. The van der Waals surface area contributed by atoms with E-state index in [1.807, 2.05) is 12.1 Å². The van der Waals surface area contributed by atoms with Gasteiger partial charge in [0.2, 0.25) is 0 Å². The van der Waals surface area contributed by atoms with Crippen LogP contribution in [-0.2, 0) is 14.3 Å². The highest BCUT2D eigenvalue weighted by atomic mass is 16.6. The Morgan fingerprint density at radius 3 is 2.37 bits per heavy atom. The van der Waals surface area contributed by atoms with Crippen LogP contribution in [0.3, 0.4) is 0 Å². The second-order valence-electron chi connectivity index (χ2n) is 5.03. The lowest BCUT2D eigenvalue weighted by molar-refractivity contribution is -0.162. The maximum Gasteiger partial charge on any atom is 0.338 e. The average Bonchev–Trinajstić information content (AvgIpc) is 2.35. The van der Waals surface area contributed by atoms with E-state index in [4.69, 9.17) is 9.47 Å². The Morgan fingerprint density at radius 1 is 1.16 bits per heavy atom. The lowest BCUT2D eigenvalue weighted by Gasteiger charge is -2.14. The smallest absolute Gasteiger partial charge is 0.338 e. The molecule has 0 aromatic heterocycles. The number of para-hydroxylation sites is 1. The number of carbonyl (C=O) groups excluding carboxylic acids is 2. The summed E-state index contributed by atoms with van der Waals surface area (Å²) < 4.78 is 9.85. The molecule has 0 bridgehead atoms. The van der Waals surface area contributed by atoms with Crippen LogP contribution in [0.4, 0.5) is 0 Å². The number of esters is 2. The van der Waals surface area contributed by atoms with Gasteiger partial charge in [0.1, 0.15) is 5.75 Å². The van der Waals surface area contributed by atoms with E-state index in [1.54, 1.807) is 46.1 Å². The summed E-state index contributed by atoms with van der Waals surface area (Å²) in [5.41, 5.74) is 0.0404. The summed E-state index contributed by atoms with van der Waals surface area (Å²) in [5, 5.41) is 0. The SMILES string of the molecule is COc1ccccc1/C=C/C(=O)OC(=O)C(C)(C)C.